The number of fused-ring (bicyclic) bond motifs is 2. The Morgan fingerprint density at radius 2 is 2.14 bits per heavy atom. The van der Waals surface area contributed by atoms with Gasteiger partial charge in [-0.1, -0.05) is 37.3 Å². The normalized spacial score (nSPS) is 25.6. The van der Waals surface area contributed by atoms with Crippen LogP contribution >= 0.6 is 0 Å². The van der Waals surface area contributed by atoms with E-state index in [-0.39, 0.29) is 11.8 Å². The number of phenolic OH excluding ortho intramolecular Hbond substituents is 1. The van der Waals surface area contributed by atoms with Crippen LogP contribution < -0.4 is 5.32 Å². The molecule has 1 aliphatic heterocycles. The highest BCUT2D eigenvalue weighted by atomic mass is 16.3. The second-order valence-corrected chi connectivity index (χ2v) is 8.53. The summed E-state index contributed by atoms with van der Waals surface area (Å²) in [5.74, 6) is 0.0549. The number of rotatable bonds is 7. The van der Waals surface area contributed by atoms with E-state index in [1.165, 1.54) is 5.56 Å². The zero-order valence-corrected chi connectivity index (χ0v) is 17.1. The maximum Gasteiger partial charge on any atom is 0.254 e. The SMILES string of the molecule is CCCN(CCCC12CC=CC=C1C(=O)NC2=O)C1CCc2c(O)cccc2C1. The summed E-state index contributed by atoms with van der Waals surface area (Å²) >= 11 is 0. The van der Waals surface area contributed by atoms with Crippen LogP contribution in [0.25, 0.3) is 0 Å². The highest BCUT2D eigenvalue weighted by Gasteiger charge is 2.50. The fourth-order valence-corrected chi connectivity index (χ4v) is 5.28. The first-order chi connectivity index (χ1) is 14.0. The van der Waals surface area contributed by atoms with Gasteiger partial charge in [-0.2, -0.15) is 0 Å². The van der Waals surface area contributed by atoms with Crippen molar-refractivity contribution in [3.63, 3.8) is 0 Å². The molecule has 1 aromatic rings. The molecule has 1 fully saturated rings. The number of imide groups is 1. The summed E-state index contributed by atoms with van der Waals surface area (Å²) in [7, 11) is 0. The summed E-state index contributed by atoms with van der Waals surface area (Å²) in [6.45, 7) is 4.15. The maximum atomic E-state index is 12.6. The summed E-state index contributed by atoms with van der Waals surface area (Å²) in [5.41, 5.74) is 2.32. The predicted molar refractivity (Wildman–Crippen MR) is 112 cm³/mol. The van der Waals surface area contributed by atoms with Crippen molar-refractivity contribution in [1.29, 1.82) is 0 Å². The molecule has 2 N–H and O–H groups in total. The van der Waals surface area contributed by atoms with Gasteiger partial charge in [0.15, 0.2) is 0 Å². The highest BCUT2D eigenvalue weighted by Crippen LogP contribution is 2.43. The number of nitrogens with zero attached hydrogens (tertiary/aromatic N) is 1. The minimum Gasteiger partial charge on any atom is -0.508 e. The molecule has 3 aliphatic rings. The molecule has 0 spiro atoms. The van der Waals surface area contributed by atoms with Gasteiger partial charge >= 0.3 is 0 Å². The molecule has 1 heterocycles. The fourth-order valence-electron chi connectivity index (χ4n) is 5.28. The monoisotopic (exact) mass is 394 g/mol. The van der Waals surface area contributed by atoms with E-state index in [1.807, 2.05) is 18.2 Å². The average molecular weight is 395 g/mol. The molecule has 2 unspecified atom stereocenters. The molecule has 0 saturated carbocycles. The quantitative estimate of drug-likeness (QED) is 0.697. The van der Waals surface area contributed by atoms with Gasteiger partial charge in [0.25, 0.3) is 5.91 Å². The van der Waals surface area contributed by atoms with E-state index < -0.39 is 5.41 Å². The molecule has 1 aromatic carbocycles. The van der Waals surface area contributed by atoms with Crippen molar-refractivity contribution in [2.24, 2.45) is 5.41 Å². The van der Waals surface area contributed by atoms with Crippen LogP contribution in [0.3, 0.4) is 0 Å². The van der Waals surface area contributed by atoms with Crippen LogP contribution in [0.15, 0.2) is 42.0 Å². The van der Waals surface area contributed by atoms with Crippen LogP contribution in [0, 0.1) is 5.41 Å². The van der Waals surface area contributed by atoms with E-state index >= 15 is 0 Å². The topological polar surface area (TPSA) is 69.6 Å². The third-order valence-electron chi connectivity index (χ3n) is 6.79. The first-order valence-corrected chi connectivity index (χ1v) is 10.8. The number of amides is 2. The molecule has 5 heteroatoms. The molecule has 4 rings (SSSR count). The average Bonchev–Trinajstić information content (AvgIpc) is 2.98. The Balaban J connectivity index is 1.42. The molecule has 0 radical (unpaired) electrons. The molecule has 1 saturated heterocycles. The van der Waals surface area contributed by atoms with Crippen molar-refractivity contribution in [2.45, 2.75) is 57.9 Å². The number of hydrogen-bond donors (Lipinski definition) is 2. The Morgan fingerprint density at radius 3 is 2.97 bits per heavy atom. The van der Waals surface area contributed by atoms with Gasteiger partial charge < -0.3 is 10.0 Å². The van der Waals surface area contributed by atoms with Crippen molar-refractivity contribution in [1.82, 2.24) is 10.2 Å². The third-order valence-corrected chi connectivity index (χ3v) is 6.79. The largest absolute Gasteiger partial charge is 0.508 e. The Hall–Kier alpha value is -2.40. The lowest BCUT2D eigenvalue weighted by molar-refractivity contribution is -0.128. The maximum absolute atomic E-state index is 12.6. The van der Waals surface area contributed by atoms with Crippen LogP contribution in [-0.2, 0) is 22.4 Å². The number of aromatic hydroxyl groups is 1. The van der Waals surface area contributed by atoms with Crippen LogP contribution in [-0.4, -0.2) is 41.0 Å². The Kier molecular flexibility index (Phi) is 5.59. The van der Waals surface area contributed by atoms with Crippen molar-refractivity contribution < 1.29 is 14.7 Å². The number of phenols is 1. The second kappa shape index (κ2) is 8.15. The number of carbonyl (C=O) groups is 2. The summed E-state index contributed by atoms with van der Waals surface area (Å²) < 4.78 is 0. The molecule has 2 aliphatic carbocycles. The Bertz CT molecular complexity index is 873. The van der Waals surface area contributed by atoms with Gasteiger partial charge in [0, 0.05) is 11.6 Å². The lowest BCUT2D eigenvalue weighted by atomic mass is 9.73. The van der Waals surface area contributed by atoms with Gasteiger partial charge in [0.2, 0.25) is 5.91 Å². The zero-order chi connectivity index (χ0) is 20.4. The van der Waals surface area contributed by atoms with Crippen LogP contribution in [0.1, 0.15) is 50.2 Å². The minimum absolute atomic E-state index is 0.137. The molecular formula is C24H30N2O3. The third kappa shape index (κ3) is 3.64. The van der Waals surface area contributed by atoms with Gasteiger partial charge in [0.1, 0.15) is 5.75 Å². The molecule has 2 amide bonds. The number of nitrogens with one attached hydrogen (secondary N) is 1. The van der Waals surface area contributed by atoms with Gasteiger partial charge in [-0.3, -0.25) is 14.9 Å². The molecule has 0 bridgehead atoms. The predicted octanol–water partition coefficient (Wildman–Crippen LogP) is 3.27. The summed E-state index contributed by atoms with van der Waals surface area (Å²) in [4.78, 5) is 27.3. The highest BCUT2D eigenvalue weighted by molar-refractivity contribution is 6.17. The van der Waals surface area contributed by atoms with E-state index in [0.717, 1.165) is 50.8 Å². The van der Waals surface area contributed by atoms with Crippen LogP contribution in [0.5, 0.6) is 5.75 Å². The molecular weight excluding hydrogens is 364 g/mol. The van der Waals surface area contributed by atoms with Crippen LogP contribution in [0.2, 0.25) is 0 Å². The van der Waals surface area contributed by atoms with E-state index in [1.54, 1.807) is 12.1 Å². The molecule has 154 valence electrons. The van der Waals surface area contributed by atoms with Crippen molar-refractivity contribution in [2.75, 3.05) is 13.1 Å². The molecule has 29 heavy (non-hydrogen) atoms. The Labute approximate surface area is 172 Å². The standard InChI is InChI=1S/C24H30N2O3/c1-2-14-26(18-10-11-19-17(16-18)7-5-9-21(19)27)15-6-13-24-12-4-3-8-20(24)22(28)25-23(24)29/h3-5,7-9,18,27H,2,6,10-16H2,1H3,(H,25,28,29). The number of benzene rings is 1. The van der Waals surface area contributed by atoms with E-state index in [0.29, 0.717) is 30.2 Å². The van der Waals surface area contributed by atoms with Gasteiger partial charge in [0.05, 0.1) is 5.41 Å². The number of carbonyl (C=O) groups excluding carboxylic acids is 2. The van der Waals surface area contributed by atoms with Gasteiger partial charge in [-0.15, -0.1) is 0 Å². The second-order valence-electron chi connectivity index (χ2n) is 8.53. The van der Waals surface area contributed by atoms with E-state index in [4.69, 9.17) is 0 Å². The number of allylic oxidation sites excluding steroid dienone is 3. The summed E-state index contributed by atoms with van der Waals surface area (Å²) in [6.07, 6.45) is 11.9. The van der Waals surface area contributed by atoms with Gasteiger partial charge in [-0.25, -0.2) is 0 Å². The van der Waals surface area contributed by atoms with Gasteiger partial charge in [-0.05, 0) is 75.2 Å². The summed E-state index contributed by atoms with van der Waals surface area (Å²) in [5, 5.41) is 12.6. The van der Waals surface area contributed by atoms with E-state index in [9.17, 15) is 14.7 Å². The fraction of sp³-hybridized carbons (Fsp3) is 0.500. The van der Waals surface area contributed by atoms with Crippen molar-refractivity contribution in [3.05, 3.63) is 53.1 Å². The number of hydrogen-bond acceptors (Lipinski definition) is 4. The lowest BCUT2D eigenvalue weighted by Crippen LogP contribution is -2.41. The minimum atomic E-state index is -0.672. The van der Waals surface area contributed by atoms with Crippen molar-refractivity contribution in [3.8, 4) is 5.75 Å². The van der Waals surface area contributed by atoms with Crippen LogP contribution in [0.4, 0.5) is 0 Å². The first kappa shape index (κ1) is 19.9. The molecule has 2 atom stereocenters. The lowest BCUT2D eigenvalue weighted by Gasteiger charge is -2.36. The molecule has 5 nitrogen and oxygen atoms in total. The first-order valence-electron chi connectivity index (χ1n) is 10.8. The van der Waals surface area contributed by atoms with E-state index in [2.05, 4.69) is 23.2 Å². The summed E-state index contributed by atoms with van der Waals surface area (Å²) in [6, 6.07) is 6.30. The smallest absolute Gasteiger partial charge is 0.254 e. The molecule has 0 aromatic heterocycles. The Morgan fingerprint density at radius 1 is 1.28 bits per heavy atom. The zero-order valence-electron chi connectivity index (χ0n) is 17.1. The van der Waals surface area contributed by atoms with Crippen molar-refractivity contribution >= 4 is 11.8 Å².